The molecule has 0 aromatic heterocycles. The second kappa shape index (κ2) is 6.59. The van der Waals surface area contributed by atoms with Crippen molar-refractivity contribution in [1.29, 1.82) is 0 Å². The van der Waals surface area contributed by atoms with Crippen LogP contribution >= 0.6 is 0 Å². The number of carboxylic acids is 1. The molecule has 1 rings (SSSR count). The van der Waals surface area contributed by atoms with Crippen molar-refractivity contribution < 1.29 is 19.4 Å². The summed E-state index contributed by atoms with van der Waals surface area (Å²) in [4.78, 5) is 24.2. The third-order valence-electron chi connectivity index (χ3n) is 3.11. The number of carbonyl (C=O) groups excluding carboxylic acids is 1. The van der Waals surface area contributed by atoms with Crippen LogP contribution in [0.25, 0.3) is 0 Å². The van der Waals surface area contributed by atoms with E-state index in [1.807, 2.05) is 0 Å². The molecule has 98 valence electrons. The van der Waals surface area contributed by atoms with Gasteiger partial charge in [-0.25, -0.2) is 0 Å². The van der Waals surface area contributed by atoms with E-state index in [2.05, 4.69) is 0 Å². The van der Waals surface area contributed by atoms with Crippen LogP contribution in [0.3, 0.4) is 0 Å². The van der Waals surface area contributed by atoms with Crippen molar-refractivity contribution in [2.45, 2.75) is 38.7 Å². The van der Waals surface area contributed by atoms with Gasteiger partial charge in [0.25, 0.3) is 0 Å². The van der Waals surface area contributed by atoms with Crippen LogP contribution in [0.2, 0.25) is 0 Å². The van der Waals surface area contributed by atoms with E-state index < -0.39 is 5.97 Å². The minimum atomic E-state index is -0.848. The number of aliphatic carboxylic acids is 1. The smallest absolute Gasteiger partial charge is 0.303 e. The zero-order chi connectivity index (χ0) is 12.8. The molecule has 0 aromatic carbocycles. The molecule has 0 aromatic rings. The molecule has 5 heteroatoms. The number of hydrogen-bond donors (Lipinski definition) is 1. The molecule has 1 aliphatic heterocycles. The van der Waals surface area contributed by atoms with Crippen molar-refractivity contribution >= 4 is 11.9 Å². The van der Waals surface area contributed by atoms with Crippen LogP contribution in [0.5, 0.6) is 0 Å². The first kappa shape index (κ1) is 14.0. The first-order valence-corrected chi connectivity index (χ1v) is 6.05. The lowest BCUT2D eigenvalue weighted by molar-refractivity contribution is -0.139. The maximum Gasteiger partial charge on any atom is 0.303 e. The van der Waals surface area contributed by atoms with Crippen molar-refractivity contribution in [3.8, 4) is 0 Å². The summed E-state index contributed by atoms with van der Waals surface area (Å²) >= 11 is 0. The second-order valence-corrected chi connectivity index (χ2v) is 4.75. The van der Waals surface area contributed by atoms with E-state index in [4.69, 9.17) is 9.84 Å². The molecule has 0 radical (unpaired) electrons. The molecular weight excluding hydrogens is 222 g/mol. The van der Waals surface area contributed by atoms with Gasteiger partial charge in [-0.1, -0.05) is 6.92 Å². The number of methoxy groups -OCH3 is 1. The highest BCUT2D eigenvalue weighted by Gasteiger charge is 2.24. The Hall–Kier alpha value is -1.10. The van der Waals surface area contributed by atoms with Crippen LogP contribution in [0.4, 0.5) is 0 Å². The summed E-state index contributed by atoms with van der Waals surface area (Å²) in [5.41, 5.74) is 0. The van der Waals surface area contributed by atoms with E-state index in [9.17, 15) is 9.59 Å². The van der Waals surface area contributed by atoms with Gasteiger partial charge >= 0.3 is 5.97 Å². The predicted molar refractivity (Wildman–Crippen MR) is 62.6 cm³/mol. The maximum atomic E-state index is 11.9. The van der Waals surface area contributed by atoms with Gasteiger partial charge in [-0.15, -0.1) is 0 Å². The van der Waals surface area contributed by atoms with Gasteiger partial charge in [0.05, 0.1) is 6.10 Å². The molecule has 2 unspecified atom stereocenters. The van der Waals surface area contributed by atoms with E-state index in [0.717, 1.165) is 19.4 Å². The van der Waals surface area contributed by atoms with Crippen molar-refractivity contribution in [3.63, 3.8) is 0 Å². The predicted octanol–water partition coefficient (Wildman–Crippen LogP) is 1.12. The Morgan fingerprint density at radius 1 is 1.47 bits per heavy atom. The van der Waals surface area contributed by atoms with E-state index in [1.165, 1.54) is 0 Å². The number of nitrogens with zero attached hydrogens (tertiary/aromatic N) is 1. The molecule has 0 bridgehead atoms. The third-order valence-corrected chi connectivity index (χ3v) is 3.11. The molecule has 1 heterocycles. The molecule has 1 saturated heterocycles. The molecule has 0 spiro atoms. The lowest BCUT2D eigenvalue weighted by Crippen LogP contribution is -2.43. The second-order valence-electron chi connectivity index (χ2n) is 4.75. The van der Waals surface area contributed by atoms with Gasteiger partial charge < -0.3 is 14.7 Å². The Morgan fingerprint density at radius 2 is 2.18 bits per heavy atom. The Labute approximate surface area is 102 Å². The zero-order valence-electron chi connectivity index (χ0n) is 10.5. The van der Waals surface area contributed by atoms with Crippen molar-refractivity contribution in [2.75, 3.05) is 20.2 Å². The fraction of sp³-hybridized carbons (Fsp3) is 0.833. The molecule has 17 heavy (non-hydrogen) atoms. The fourth-order valence-corrected chi connectivity index (χ4v) is 2.15. The average Bonchev–Trinajstić information content (AvgIpc) is 2.27. The van der Waals surface area contributed by atoms with Crippen LogP contribution in [-0.2, 0) is 14.3 Å². The van der Waals surface area contributed by atoms with Crippen LogP contribution < -0.4 is 0 Å². The van der Waals surface area contributed by atoms with Crippen LogP contribution in [-0.4, -0.2) is 48.2 Å². The summed E-state index contributed by atoms with van der Waals surface area (Å²) in [6.07, 6.45) is 2.43. The van der Waals surface area contributed by atoms with Gasteiger partial charge in [-0.2, -0.15) is 0 Å². The highest BCUT2D eigenvalue weighted by molar-refractivity contribution is 5.77. The number of hydrogen-bond acceptors (Lipinski definition) is 3. The van der Waals surface area contributed by atoms with Crippen molar-refractivity contribution in [1.82, 2.24) is 4.90 Å². The zero-order valence-corrected chi connectivity index (χ0v) is 10.5. The van der Waals surface area contributed by atoms with Gasteiger partial charge in [-0.3, -0.25) is 9.59 Å². The van der Waals surface area contributed by atoms with Crippen molar-refractivity contribution in [3.05, 3.63) is 0 Å². The van der Waals surface area contributed by atoms with E-state index in [1.54, 1.807) is 18.9 Å². The van der Waals surface area contributed by atoms with Gasteiger partial charge in [0.1, 0.15) is 0 Å². The molecule has 1 fully saturated rings. The first-order chi connectivity index (χ1) is 8.02. The van der Waals surface area contributed by atoms with Crippen LogP contribution in [0.1, 0.15) is 32.6 Å². The van der Waals surface area contributed by atoms with Gasteiger partial charge in [0, 0.05) is 33.0 Å². The summed E-state index contributed by atoms with van der Waals surface area (Å²) in [5.74, 6) is -0.915. The average molecular weight is 243 g/mol. The standard InChI is InChI=1S/C12H21NO4/c1-9(7-12(15)16)6-11(14)13-5-3-4-10(8-13)17-2/h9-10H,3-8H2,1-2H3,(H,15,16). The lowest BCUT2D eigenvalue weighted by Gasteiger charge is -2.32. The Morgan fingerprint density at radius 3 is 2.76 bits per heavy atom. The molecule has 1 amide bonds. The van der Waals surface area contributed by atoms with Gasteiger partial charge in [0.15, 0.2) is 0 Å². The molecule has 2 atom stereocenters. The number of carbonyl (C=O) groups is 2. The number of ether oxygens (including phenoxy) is 1. The molecule has 1 aliphatic rings. The Kier molecular flexibility index (Phi) is 5.41. The minimum Gasteiger partial charge on any atom is -0.481 e. The number of likely N-dealkylation sites (tertiary alicyclic amines) is 1. The Bertz CT molecular complexity index is 280. The SMILES string of the molecule is COC1CCCN(C(=O)CC(C)CC(=O)O)C1. The highest BCUT2D eigenvalue weighted by atomic mass is 16.5. The van der Waals surface area contributed by atoms with Crippen LogP contribution in [0, 0.1) is 5.92 Å². The number of rotatable bonds is 5. The fourth-order valence-electron chi connectivity index (χ4n) is 2.15. The summed E-state index contributed by atoms with van der Waals surface area (Å²) in [6.45, 7) is 3.19. The molecule has 0 saturated carbocycles. The quantitative estimate of drug-likeness (QED) is 0.786. The highest BCUT2D eigenvalue weighted by Crippen LogP contribution is 2.16. The van der Waals surface area contributed by atoms with Crippen molar-refractivity contribution in [2.24, 2.45) is 5.92 Å². The first-order valence-electron chi connectivity index (χ1n) is 6.05. The summed E-state index contributed by atoms with van der Waals surface area (Å²) in [5, 5.41) is 8.64. The third kappa shape index (κ3) is 4.73. The van der Waals surface area contributed by atoms with E-state index in [0.29, 0.717) is 13.0 Å². The molecule has 1 N–H and O–H groups in total. The monoisotopic (exact) mass is 243 g/mol. The topological polar surface area (TPSA) is 66.8 Å². The largest absolute Gasteiger partial charge is 0.481 e. The lowest BCUT2D eigenvalue weighted by atomic mass is 10.0. The van der Waals surface area contributed by atoms with Gasteiger partial charge in [0.2, 0.25) is 5.91 Å². The Balaban J connectivity index is 2.38. The molecule has 5 nitrogen and oxygen atoms in total. The van der Waals surface area contributed by atoms with Gasteiger partial charge in [-0.05, 0) is 18.8 Å². The number of amides is 1. The van der Waals surface area contributed by atoms with E-state index >= 15 is 0 Å². The molecular formula is C12H21NO4. The summed E-state index contributed by atoms with van der Waals surface area (Å²) in [6, 6.07) is 0. The van der Waals surface area contributed by atoms with Crippen LogP contribution in [0.15, 0.2) is 0 Å². The normalized spacial score (nSPS) is 22.2. The summed E-state index contributed by atoms with van der Waals surface area (Å²) < 4.78 is 5.25. The summed E-state index contributed by atoms with van der Waals surface area (Å²) in [7, 11) is 1.66. The number of piperidine rings is 1. The molecule has 0 aliphatic carbocycles. The number of carboxylic acid groups (broad SMARTS) is 1. The maximum absolute atomic E-state index is 11.9. The minimum absolute atomic E-state index is 0.0421. The van der Waals surface area contributed by atoms with E-state index in [-0.39, 0.29) is 24.3 Å².